The normalized spacial score (nSPS) is 12.4. The van der Waals surface area contributed by atoms with Crippen LogP contribution in [0.4, 0.5) is 6.01 Å². The number of carbonyl (C=O) groups excluding carboxylic acids is 1. The van der Waals surface area contributed by atoms with Crippen molar-refractivity contribution in [2.75, 3.05) is 17.7 Å². The summed E-state index contributed by atoms with van der Waals surface area (Å²) in [7, 11) is 0. The number of thioether (sulfide) groups is 1. The molecule has 1 atom stereocenters. The highest BCUT2D eigenvalue weighted by Gasteiger charge is 2.10. The van der Waals surface area contributed by atoms with Crippen LogP contribution < -0.4 is 5.32 Å². The first kappa shape index (κ1) is 13.0. The molecule has 0 spiro atoms. The molecule has 1 aromatic heterocycles. The van der Waals surface area contributed by atoms with E-state index in [1.807, 2.05) is 6.92 Å². The van der Waals surface area contributed by atoms with E-state index in [-0.39, 0.29) is 23.8 Å². The van der Waals surface area contributed by atoms with E-state index < -0.39 is 0 Å². The molecule has 2 N–H and O–H groups in total. The SMILES string of the molecule is Cc1nnc(NC(=O)CSC(C)CCO)o1. The lowest BCUT2D eigenvalue weighted by atomic mass is 10.3. The lowest BCUT2D eigenvalue weighted by molar-refractivity contribution is -0.113. The van der Waals surface area contributed by atoms with Gasteiger partial charge in [0.1, 0.15) is 0 Å². The van der Waals surface area contributed by atoms with Gasteiger partial charge in [0.2, 0.25) is 11.8 Å². The molecule has 0 aliphatic rings. The first-order chi connectivity index (χ1) is 7.61. The Morgan fingerprint density at radius 2 is 2.38 bits per heavy atom. The van der Waals surface area contributed by atoms with Gasteiger partial charge >= 0.3 is 6.01 Å². The van der Waals surface area contributed by atoms with Crippen molar-refractivity contribution in [2.45, 2.75) is 25.5 Å². The summed E-state index contributed by atoms with van der Waals surface area (Å²) < 4.78 is 5.01. The van der Waals surface area contributed by atoms with Gasteiger partial charge in [0.05, 0.1) is 5.75 Å². The Hall–Kier alpha value is -1.08. The Kier molecular flexibility index (Phi) is 5.27. The van der Waals surface area contributed by atoms with Crippen LogP contribution in [0.2, 0.25) is 0 Å². The van der Waals surface area contributed by atoms with Gasteiger partial charge in [0, 0.05) is 18.8 Å². The lowest BCUT2D eigenvalue weighted by Crippen LogP contribution is -2.16. The number of amides is 1. The Balaban J connectivity index is 2.26. The van der Waals surface area contributed by atoms with Crippen LogP contribution in [-0.2, 0) is 4.79 Å². The number of nitrogens with one attached hydrogen (secondary N) is 1. The molecular formula is C9H15N3O3S. The summed E-state index contributed by atoms with van der Waals surface area (Å²) in [5.74, 6) is 0.540. The van der Waals surface area contributed by atoms with Crippen molar-refractivity contribution in [3.63, 3.8) is 0 Å². The molecule has 0 aliphatic heterocycles. The molecule has 16 heavy (non-hydrogen) atoms. The minimum absolute atomic E-state index is 0.123. The van der Waals surface area contributed by atoms with Crippen molar-refractivity contribution < 1.29 is 14.3 Å². The van der Waals surface area contributed by atoms with Crippen molar-refractivity contribution >= 4 is 23.7 Å². The quantitative estimate of drug-likeness (QED) is 0.771. The fourth-order valence-electron chi connectivity index (χ4n) is 0.986. The fraction of sp³-hybridized carbons (Fsp3) is 0.667. The Bertz CT molecular complexity index is 342. The number of nitrogens with zero attached hydrogens (tertiary/aromatic N) is 2. The number of hydrogen-bond acceptors (Lipinski definition) is 6. The standard InChI is InChI=1S/C9H15N3O3S/c1-6(3-4-13)16-5-8(14)10-9-12-11-7(2)15-9/h6,13H,3-5H2,1-2H3,(H,10,12,14). The molecule has 0 aliphatic carbocycles. The van der Waals surface area contributed by atoms with Crippen LogP contribution in [-0.4, -0.2) is 38.8 Å². The molecule has 6 nitrogen and oxygen atoms in total. The van der Waals surface area contributed by atoms with Gasteiger partial charge in [-0.25, -0.2) is 0 Å². The first-order valence-electron chi connectivity index (χ1n) is 4.94. The van der Waals surface area contributed by atoms with E-state index in [9.17, 15) is 4.79 Å². The first-order valence-corrected chi connectivity index (χ1v) is 5.99. The topological polar surface area (TPSA) is 88.2 Å². The molecule has 90 valence electrons. The third-order valence-electron chi connectivity index (χ3n) is 1.81. The maximum Gasteiger partial charge on any atom is 0.322 e. The highest BCUT2D eigenvalue weighted by Crippen LogP contribution is 2.14. The molecule has 1 amide bonds. The van der Waals surface area contributed by atoms with Crippen LogP contribution in [0.25, 0.3) is 0 Å². The van der Waals surface area contributed by atoms with E-state index in [1.54, 1.807) is 6.92 Å². The largest absolute Gasteiger partial charge is 0.408 e. The molecule has 7 heteroatoms. The van der Waals surface area contributed by atoms with Gasteiger partial charge in [-0.1, -0.05) is 12.0 Å². The molecule has 1 heterocycles. The predicted octanol–water partition coefficient (Wildman–Crippen LogP) is 0.821. The molecule has 0 bridgehead atoms. The van der Waals surface area contributed by atoms with Crippen LogP contribution in [0.15, 0.2) is 4.42 Å². The van der Waals surface area contributed by atoms with Crippen molar-refractivity contribution in [1.82, 2.24) is 10.2 Å². The zero-order valence-corrected chi connectivity index (χ0v) is 10.1. The molecule has 0 radical (unpaired) electrons. The van der Waals surface area contributed by atoms with Gasteiger partial charge in [-0.3, -0.25) is 10.1 Å². The summed E-state index contributed by atoms with van der Waals surface area (Å²) >= 11 is 1.47. The molecule has 1 rings (SSSR count). The monoisotopic (exact) mass is 245 g/mol. The highest BCUT2D eigenvalue weighted by molar-refractivity contribution is 8.00. The molecule has 0 aromatic carbocycles. The second kappa shape index (κ2) is 6.49. The average Bonchev–Trinajstić information content (AvgIpc) is 2.61. The zero-order valence-electron chi connectivity index (χ0n) is 9.27. The smallest absolute Gasteiger partial charge is 0.322 e. The van der Waals surface area contributed by atoms with E-state index >= 15 is 0 Å². The zero-order chi connectivity index (χ0) is 12.0. The van der Waals surface area contributed by atoms with Crippen LogP contribution in [0.5, 0.6) is 0 Å². The number of hydrogen-bond donors (Lipinski definition) is 2. The fourth-order valence-corrected chi connectivity index (χ4v) is 1.77. The second-order valence-corrected chi connectivity index (χ2v) is 4.74. The molecule has 0 saturated carbocycles. The average molecular weight is 245 g/mol. The summed E-state index contributed by atoms with van der Waals surface area (Å²) in [4.78, 5) is 11.4. The summed E-state index contributed by atoms with van der Waals surface area (Å²) in [6, 6.07) is 0.123. The van der Waals surface area contributed by atoms with E-state index in [0.29, 0.717) is 18.1 Å². The van der Waals surface area contributed by atoms with E-state index in [1.165, 1.54) is 11.8 Å². The van der Waals surface area contributed by atoms with Gasteiger partial charge in [-0.05, 0) is 6.42 Å². The number of aromatic nitrogens is 2. The van der Waals surface area contributed by atoms with Gasteiger partial charge < -0.3 is 9.52 Å². The predicted molar refractivity (Wildman–Crippen MR) is 61.3 cm³/mol. The second-order valence-electron chi connectivity index (χ2n) is 3.31. The number of rotatable bonds is 6. The number of aliphatic hydroxyl groups excluding tert-OH is 1. The maximum atomic E-state index is 11.4. The summed E-state index contributed by atoms with van der Waals surface area (Å²) in [5, 5.41) is 18.7. The number of aryl methyl sites for hydroxylation is 1. The minimum atomic E-state index is -0.182. The van der Waals surface area contributed by atoms with Crippen molar-refractivity contribution in [3.8, 4) is 0 Å². The summed E-state index contributed by atoms with van der Waals surface area (Å²) in [6.07, 6.45) is 0.678. The van der Waals surface area contributed by atoms with E-state index in [2.05, 4.69) is 15.5 Å². The summed E-state index contributed by atoms with van der Waals surface area (Å²) in [5.41, 5.74) is 0. The Morgan fingerprint density at radius 1 is 1.62 bits per heavy atom. The molecule has 0 saturated heterocycles. The van der Waals surface area contributed by atoms with Gasteiger partial charge in [0.25, 0.3) is 0 Å². The van der Waals surface area contributed by atoms with Crippen LogP contribution in [0.3, 0.4) is 0 Å². The minimum Gasteiger partial charge on any atom is -0.408 e. The van der Waals surface area contributed by atoms with Crippen molar-refractivity contribution in [1.29, 1.82) is 0 Å². The van der Waals surface area contributed by atoms with Crippen molar-refractivity contribution in [3.05, 3.63) is 5.89 Å². The molecule has 1 unspecified atom stereocenters. The number of anilines is 1. The molecular weight excluding hydrogens is 230 g/mol. The Morgan fingerprint density at radius 3 is 2.94 bits per heavy atom. The molecule has 0 fully saturated rings. The van der Waals surface area contributed by atoms with Crippen LogP contribution in [0, 0.1) is 6.92 Å². The Labute approximate surface area is 97.8 Å². The van der Waals surface area contributed by atoms with E-state index in [0.717, 1.165) is 0 Å². The van der Waals surface area contributed by atoms with E-state index in [4.69, 9.17) is 9.52 Å². The highest BCUT2D eigenvalue weighted by atomic mass is 32.2. The summed E-state index contributed by atoms with van der Waals surface area (Å²) in [6.45, 7) is 3.75. The van der Waals surface area contributed by atoms with Gasteiger partial charge in [0.15, 0.2) is 0 Å². The third-order valence-corrected chi connectivity index (χ3v) is 3.04. The molecule has 1 aromatic rings. The number of carbonyl (C=O) groups is 1. The van der Waals surface area contributed by atoms with Crippen LogP contribution >= 0.6 is 11.8 Å². The number of aliphatic hydroxyl groups is 1. The van der Waals surface area contributed by atoms with Crippen LogP contribution in [0.1, 0.15) is 19.2 Å². The maximum absolute atomic E-state index is 11.4. The van der Waals surface area contributed by atoms with Gasteiger partial charge in [-0.15, -0.1) is 16.9 Å². The van der Waals surface area contributed by atoms with Crippen molar-refractivity contribution in [2.24, 2.45) is 0 Å². The van der Waals surface area contributed by atoms with Gasteiger partial charge in [-0.2, -0.15) is 0 Å². The third kappa shape index (κ3) is 4.63. The lowest BCUT2D eigenvalue weighted by Gasteiger charge is -2.07.